The third-order valence-electron chi connectivity index (χ3n) is 3.62. The molecule has 0 radical (unpaired) electrons. The van der Waals surface area contributed by atoms with Crippen molar-refractivity contribution in [2.75, 3.05) is 6.54 Å². The monoisotopic (exact) mass is 291 g/mol. The van der Waals surface area contributed by atoms with Gasteiger partial charge in [-0.05, 0) is 37.7 Å². The second kappa shape index (κ2) is 5.20. The summed E-state index contributed by atoms with van der Waals surface area (Å²) < 4.78 is 2.04. The lowest BCUT2D eigenvalue weighted by atomic mass is 10.2. The quantitative estimate of drug-likeness (QED) is 0.919. The van der Waals surface area contributed by atoms with Gasteiger partial charge in [0.05, 0.1) is 10.6 Å². The number of nitrogens with one attached hydrogen (secondary N) is 1. The number of hydrogen-bond acceptors (Lipinski definition) is 3. The lowest BCUT2D eigenvalue weighted by molar-refractivity contribution is 0.0956. The summed E-state index contributed by atoms with van der Waals surface area (Å²) in [5, 5.41) is 8.72. The van der Waals surface area contributed by atoms with Gasteiger partial charge in [0.2, 0.25) is 0 Å². The summed E-state index contributed by atoms with van der Waals surface area (Å²) in [5.74, 6) is 1.33. The Bertz CT molecular complexity index is 637. The third-order valence-corrected chi connectivity index (χ3v) is 4.76. The SMILES string of the molecule is Cc1nn(CC(C)C)c2sc(C(=O)NCC3CC3)cc12. The molecule has 0 unspecified atom stereocenters. The van der Waals surface area contributed by atoms with Crippen LogP contribution in [0.25, 0.3) is 10.2 Å². The Kier molecular flexibility index (Phi) is 3.54. The van der Waals surface area contributed by atoms with E-state index in [9.17, 15) is 4.79 Å². The van der Waals surface area contributed by atoms with E-state index in [1.165, 1.54) is 12.8 Å². The molecule has 108 valence electrons. The molecule has 0 saturated heterocycles. The van der Waals surface area contributed by atoms with Crippen LogP contribution in [0.2, 0.25) is 0 Å². The molecule has 0 spiro atoms. The molecule has 1 N–H and O–H groups in total. The Hall–Kier alpha value is -1.36. The molecule has 2 heterocycles. The minimum absolute atomic E-state index is 0.0635. The van der Waals surface area contributed by atoms with Crippen molar-refractivity contribution in [1.29, 1.82) is 0 Å². The molecule has 4 nitrogen and oxygen atoms in total. The number of fused-ring (bicyclic) bond motifs is 1. The fourth-order valence-electron chi connectivity index (χ4n) is 2.34. The summed E-state index contributed by atoms with van der Waals surface area (Å²) in [7, 11) is 0. The zero-order valence-electron chi connectivity index (χ0n) is 12.3. The van der Waals surface area contributed by atoms with Gasteiger partial charge in [-0.25, -0.2) is 0 Å². The van der Waals surface area contributed by atoms with Crippen molar-refractivity contribution >= 4 is 27.5 Å². The summed E-state index contributed by atoms with van der Waals surface area (Å²) in [6.45, 7) is 8.09. The molecule has 3 rings (SSSR count). The fraction of sp³-hybridized carbons (Fsp3) is 0.600. The molecule has 0 aromatic carbocycles. The van der Waals surface area contributed by atoms with Crippen LogP contribution >= 0.6 is 11.3 Å². The summed E-state index contributed by atoms with van der Waals surface area (Å²) >= 11 is 1.56. The van der Waals surface area contributed by atoms with Crippen molar-refractivity contribution in [3.05, 3.63) is 16.6 Å². The number of aromatic nitrogens is 2. The van der Waals surface area contributed by atoms with E-state index in [4.69, 9.17) is 0 Å². The molecule has 5 heteroatoms. The maximum Gasteiger partial charge on any atom is 0.261 e. The van der Waals surface area contributed by atoms with Crippen molar-refractivity contribution in [2.45, 2.75) is 40.2 Å². The zero-order chi connectivity index (χ0) is 14.3. The molecule has 2 aromatic heterocycles. The smallest absolute Gasteiger partial charge is 0.261 e. The molecule has 2 aromatic rings. The summed E-state index contributed by atoms with van der Waals surface area (Å²) in [5.41, 5.74) is 1.01. The van der Waals surface area contributed by atoms with Gasteiger partial charge in [-0.2, -0.15) is 5.10 Å². The number of thiophene rings is 1. The summed E-state index contributed by atoms with van der Waals surface area (Å²) in [4.78, 5) is 14.1. The highest BCUT2D eigenvalue weighted by atomic mass is 32.1. The largest absolute Gasteiger partial charge is 0.351 e. The zero-order valence-corrected chi connectivity index (χ0v) is 13.1. The van der Waals surface area contributed by atoms with Gasteiger partial charge in [0.1, 0.15) is 4.83 Å². The van der Waals surface area contributed by atoms with Gasteiger partial charge in [0, 0.05) is 18.5 Å². The van der Waals surface area contributed by atoms with Gasteiger partial charge < -0.3 is 5.32 Å². The average molecular weight is 291 g/mol. The molecule has 1 aliphatic carbocycles. The number of amides is 1. The number of carbonyl (C=O) groups is 1. The Balaban J connectivity index is 1.83. The van der Waals surface area contributed by atoms with E-state index >= 15 is 0 Å². The van der Waals surface area contributed by atoms with Crippen molar-refractivity contribution in [3.63, 3.8) is 0 Å². The van der Waals surface area contributed by atoms with E-state index in [0.29, 0.717) is 11.8 Å². The molecule has 0 bridgehead atoms. The van der Waals surface area contributed by atoms with Crippen LogP contribution in [0.4, 0.5) is 0 Å². The maximum absolute atomic E-state index is 12.2. The van der Waals surface area contributed by atoms with Crippen LogP contribution in [-0.2, 0) is 6.54 Å². The summed E-state index contributed by atoms with van der Waals surface area (Å²) in [6, 6.07) is 1.99. The molecule has 20 heavy (non-hydrogen) atoms. The predicted molar refractivity (Wildman–Crippen MR) is 82.2 cm³/mol. The second-order valence-electron chi connectivity index (χ2n) is 6.14. The Morgan fingerprint density at radius 1 is 1.55 bits per heavy atom. The Labute approximate surface area is 123 Å². The highest BCUT2D eigenvalue weighted by Gasteiger charge is 2.23. The first-order valence-electron chi connectivity index (χ1n) is 7.29. The fourth-order valence-corrected chi connectivity index (χ4v) is 3.43. The Morgan fingerprint density at radius 2 is 2.30 bits per heavy atom. The van der Waals surface area contributed by atoms with E-state index < -0.39 is 0 Å². The first-order valence-corrected chi connectivity index (χ1v) is 8.11. The maximum atomic E-state index is 12.2. The third kappa shape index (κ3) is 2.73. The number of rotatable bonds is 5. The molecule has 0 aliphatic heterocycles. The standard InChI is InChI=1S/C15H21N3OS/c1-9(2)8-18-15-12(10(3)17-18)6-13(20-15)14(19)16-7-11-4-5-11/h6,9,11H,4-5,7-8H2,1-3H3,(H,16,19). The minimum atomic E-state index is 0.0635. The van der Waals surface area contributed by atoms with Gasteiger partial charge in [-0.15, -0.1) is 11.3 Å². The first-order chi connectivity index (χ1) is 9.54. The molecular weight excluding hydrogens is 270 g/mol. The topological polar surface area (TPSA) is 46.9 Å². The molecule has 1 fully saturated rings. The molecule has 1 saturated carbocycles. The summed E-state index contributed by atoms with van der Waals surface area (Å²) in [6.07, 6.45) is 2.52. The van der Waals surface area contributed by atoms with E-state index in [1.54, 1.807) is 11.3 Å². The second-order valence-corrected chi connectivity index (χ2v) is 7.17. The van der Waals surface area contributed by atoms with Gasteiger partial charge in [0.15, 0.2) is 0 Å². The van der Waals surface area contributed by atoms with E-state index in [0.717, 1.165) is 33.9 Å². The lowest BCUT2D eigenvalue weighted by Gasteiger charge is -2.05. The predicted octanol–water partition coefficient (Wildman–Crippen LogP) is 3.20. The van der Waals surface area contributed by atoms with E-state index in [2.05, 4.69) is 24.3 Å². The van der Waals surface area contributed by atoms with E-state index in [-0.39, 0.29) is 5.91 Å². The normalized spacial score (nSPS) is 15.2. The lowest BCUT2D eigenvalue weighted by Crippen LogP contribution is -2.24. The van der Waals surface area contributed by atoms with E-state index in [1.807, 2.05) is 17.7 Å². The van der Waals surface area contributed by atoms with Crippen LogP contribution < -0.4 is 5.32 Å². The van der Waals surface area contributed by atoms with Gasteiger partial charge >= 0.3 is 0 Å². The number of carbonyl (C=O) groups excluding carboxylic acids is 1. The van der Waals surface area contributed by atoms with Crippen LogP contribution in [0, 0.1) is 18.8 Å². The molecular formula is C15H21N3OS. The van der Waals surface area contributed by atoms with Crippen molar-refractivity contribution in [3.8, 4) is 0 Å². The van der Waals surface area contributed by atoms with Crippen molar-refractivity contribution in [2.24, 2.45) is 11.8 Å². The number of nitrogens with zero attached hydrogens (tertiary/aromatic N) is 2. The molecule has 0 atom stereocenters. The van der Waals surface area contributed by atoms with Gasteiger partial charge in [-0.1, -0.05) is 13.8 Å². The Morgan fingerprint density at radius 3 is 2.95 bits per heavy atom. The van der Waals surface area contributed by atoms with Crippen LogP contribution in [0.15, 0.2) is 6.07 Å². The number of hydrogen-bond donors (Lipinski definition) is 1. The molecule has 1 aliphatic rings. The van der Waals surface area contributed by atoms with Crippen LogP contribution in [0.1, 0.15) is 42.1 Å². The minimum Gasteiger partial charge on any atom is -0.351 e. The van der Waals surface area contributed by atoms with Gasteiger partial charge in [-0.3, -0.25) is 9.48 Å². The highest BCUT2D eigenvalue weighted by molar-refractivity contribution is 7.20. The number of aryl methyl sites for hydroxylation is 1. The van der Waals surface area contributed by atoms with Crippen LogP contribution in [0.3, 0.4) is 0 Å². The molecule has 1 amide bonds. The van der Waals surface area contributed by atoms with Crippen molar-refractivity contribution in [1.82, 2.24) is 15.1 Å². The van der Waals surface area contributed by atoms with Crippen LogP contribution in [-0.4, -0.2) is 22.2 Å². The highest BCUT2D eigenvalue weighted by Crippen LogP contribution is 2.30. The first kappa shape index (κ1) is 13.6. The van der Waals surface area contributed by atoms with Crippen LogP contribution in [0.5, 0.6) is 0 Å². The van der Waals surface area contributed by atoms with Crippen molar-refractivity contribution < 1.29 is 4.79 Å². The van der Waals surface area contributed by atoms with Gasteiger partial charge in [0.25, 0.3) is 5.91 Å². The average Bonchev–Trinajstić information content (AvgIpc) is 3.02.